The van der Waals surface area contributed by atoms with Crippen LogP contribution in [0.3, 0.4) is 0 Å². The van der Waals surface area contributed by atoms with Crippen molar-refractivity contribution in [2.45, 2.75) is 38.9 Å². The van der Waals surface area contributed by atoms with E-state index in [1.165, 1.54) is 10.9 Å². The molecular weight excluding hydrogens is 296 g/mol. The van der Waals surface area contributed by atoms with E-state index >= 15 is 0 Å². The first-order valence-corrected chi connectivity index (χ1v) is 7.48. The van der Waals surface area contributed by atoms with Gasteiger partial charge in [-0.3, -0.25) is 0 Å². The van der Waals surface area contributed by atoms with Crippen molar-refractivity contribution in [2.24, 2.45) is 0 Å². The molecule has 1 fully saturated rings. The van der Waals surface area contributed by atoms with E-state index in [1.54, 1.807) is 24.5 Å². The Hall–Kier alpha value is -1.99. The maximum Gasteiger partial charge on any atom is 0.525 e. The van der Waals surface area contributed by atoms with E-state index in [1.807, 2.05) is 39.8 Å². The Labute approximate surface area is 135 Å². The largest absolute Gasteiger partial charge is 0.525 e. The zero-order chi connectivity index (χ0) is 16.7. The highest BCUT2D eigenvalue weighted by molar-refractivity contribution is 6.54. The molecule has 2 aromatic rings. The second-order valence-corrected chi connectivity index (χ2v) is 6.53. The summed E-state index contributed by atoms with van der Waals surface area (Å²) in [7, 11) is -0.979. The lowest BCUT2D eigenvalue weighted by Crippen LogP contribution is -2.41. The molecule has 120 valence electrons. The average Bonchev–Trinajstić information content (AvgIpc) is 3.07. The van der Waals surface area contributed by atoms with Crippen molar-refractivity contribution < 1.29 is 13.7 Å². The minimum absolute atomic E-state index is 0.450. The third-order valence-corrected chi connectivity index (χ3v) is 4.33. The van der Waals surface area contributed by atoms with Crippen molar-refractivity contribution in [2.75, 3.05) is 0 Å². The second-order valence-electron chi connectivity index (χ2n) is 6.53. The quantitative estimate of drug-likeness (QED) is 0.816. The molecule has 1 saturated heterocycles. The minimum Gasteiger partial charge on any atom is -0.398 e. The molecule has 0 unspecified atom stereocenters. The van der Waals surface area contributed by atoms with E-state index in [-0.39, 0.29) is 0 Å². The summed E-state index contributed by atoms with van der Waals surface area (Å²) in [4.78, 5) is 1.50. The maximum atomic E-state index is 14.4. The third-order valence-electron chi connectivity index (χ3n) is 4.33. The molecule has 23 heavy (non-hydrogen) atoms. The van der Waals surface area contributed by atoms with E-state index < -0.39 is 24.0 Å². The molecule has 2 heterocycles. The van der Waals surface area contributed by atoms with Gasteiger partial charge >= 0.3 is 7.12 Å². The van der Waals surface area contributed by atoms with Gasteiger partial charge < -0.3 is 9.31 Å². The lowest BCUT2D eigenvalue weighted by Gasteiger charge is -2.32. The van der Waals surface area contributed by atoms with Crippen LogP contribution in [0.25, 0.3) is 11.8 Å². The molecule has 3 rings (SSSR count). The molecule has 7 heteroatoms. The van der Waals surface area contributed by atoms with Crippen LogP contribution in [0.4, 0.5) is 4.39 Å². The predicted octanol–water partition coefficient (Wildman–Crippen LogP) is 3.21. The van der Waals surface area contributed by atoms with E-state index in [9.17, 15) is 4.39 Å². The molecule has 0 saturated carbocycles. The van der Waals surface area contributed by atoms with Gasteiger partial charge in [-0.15, -0.1) is 0 Å². The lowest BCUT2D eigenvalue weighted by atomic mass is 9.87. The standard InChI is InChI=1S/C16H19BFN3O2/c1-15(2)16(3,4)23-17(22-15)14(18)11-12-5-7-13(8-6-12)21-19-9-10-20-21/h5-11H,1-4H3. The second kappa shape index (κ2) is 5.58. The molecule has 0 spiro atoms. The first-order valence-electron chi connectivity index (χ1n) is 7.48. The molecule has 0 atom stereocenters. The summed E-state index contributed by atoms with van der Waals surface area (Å²) < 4.78 is 25.8. The molecule has 0 N–H and O–H groups in total. The van der Waals surface area contributed by atoms with E-state index in [0.29, 0.717) is 5.56 Å². The van der Waals surface area contributed by atoms with Gasteiger partial charge in [0.25, 0.3) is 0 Å². The number of halogens is 1. The Kier molecular flexibility index (Phi) is 3.86. The van der Waals surface area contributed by atoms with E-state index in [4.69, 9.17) is 9.31 Å². The predicted molar refractivity (Wildman–Crippen MR) is 86.5 cm³/mol. The SMILES string of the molecule is CC1(C)OB(C(F)=Cc2ccc(-n3nccn3)cc2)OC1(C)C. The molecule has 0 aliphatic carbocycles. The lowest BCUT2D eigenvalue weighted by molar-refractivity contribution is 0.00578. The van der Waals surface area contributed by atoms with Gasteiger partial charge in [0.05, 0.1) is 29.3 Å². The zero-order valence-electron chi connectivity index (χ0n) is 13.7. The van der Waals surface area contributed by atoms with Gasteiger partial charge in [-0.1, -0.05) is 12.1 Å². The Morgan fingerprint density at radius 1 is 1.04 bits per heavy atom. The zero-order valence-corrected chi connectivity index (χ0v) is 13.7. The van der Waals surface area contributed by atoms with Crippen LogP contribution in [0, 0.1) is 0 Å². The van der Waals surface area contributed by atoms with Crippen molar-refractivity contribution in [1.29, 1.82) is 0 Å². The first kappa shape index (κ1) is 15.9. The summed E-state index contributed by atoms with van der Waals surface area (Å²) in [5.41, 5.74) is -0.0402. The summed E-state index contributed by atoms with van der Waals surface area (Å²) in [5, 5.41) is 8.10. The van der Waals surface area contributed by atoms with Crippen LogP contribution in [-0.2, 0) is 9.31 Å². The van der Waals surface area contributed by atoms with Gasteiger partial charge in [-0.25, -0.2) is 4.39 Å². The van der Waals surface area contributed by atoms with Crippen molar-refractivity contribution in [1.82, 2.24) is 15.0 Å². The Morgan fingerprint density at radius 3 is 2.09 bits per heavy atom. The summed E-state index contributed by atoms with van der Waals surface area (Å²) in [5.74, 6) is 0. The highest BCUT2D eigenvalue weighted by Crippen LogP contribution is 2.39. The van der Waals surface area contributed by atoms with Crippen molar-refractivity contribution in [3.05, 3.63) is 47.9 Å². The van der Waals surface area contributed by atoms with Crippen LogP contribution in [0.1, 0.15) is 33.3 Å². The smallest absolute Gasteiger partial charge is 0.398 e. The van der Waals surface area contributed by atoms with Gasteiger partial charge in [0.15, 0.2) is 0 Å². The van der Waals surface area contributed by atoms with Gasteiger partial charge in [0.1, 0.15) is 5.73 Å². The van der Waals surface area contributed by atoms with Gasteiger partial charge in [0, 0.05) is 0 Å². The molecule has 0 radical (unpaired) electrons. The van der Waals surface area contributed by atoms with Crippen molar-refractivity contribution >= 4 is 13.2 Å². The Bertz CT molecular complexity index is 695. The normalized spacial score (nSPS) is 20.0. The molecule has 1 aromatic carbocycles. The molecule has 1 aliphatic heterocycles. The number of hydrogen-bond acceptors (Lipinski definition) is 4. The van der Waals surface area contributed by atoms with Crippen LogP contribution in [0.5, 0.6) is 0 Å². The average molecular weight is 315 g/mol. The molecule has 0 bridgehead atoms. The molecular formula is C16H19BFN3O2. The summed E-state index contributed by atoms with van der Waals surface area (Å²) >= 11 is 0. The maximum absolute atomic E-state index is 14.4. The molecule has 1 aliphatic rings. The summed E-state index contributed by atoms with van der Waals surface area (Å²) in [6.07, 6.45) is 4.62. The molecule has 1 aromatic heterocycles. The fourth-order valence-corrected chi connectivity index (χ4v) is 2.24. The van der Waals surface area contributed by atoms with Crippen LogP contribution < -0.4 is 0 Å². The summed E-state index contributed by atoms with van der Waals surface area (Å²) in [6, 6.07) is 7.24. The first-order chi connectivity index (χ1) is 10.8. The number of rotatable bonds is 3. The monoisotopic (exact) mass is 315 g/mol. The van der Waals surface area contributed by atoms with E-state index in [2.05, 4.69) is 10.2 Å². The highest BCUT2D eigenvalue weighted by Gasteiger charge is 2.53. The number of nitrogens with zero attached hydrogens (tertiary/aromatic N) is 3. The molecule has 5 nitrogen and oxygen atoms in total. The van der Waals surface area contributed by atoms with Crippen molar-refractivity contribution in [3.8, 4) is 5.69 Å². The van der Waals surface area contributed by atoms with E-state index in [0.717, 1.165) is 5.69 Å². The van der Waals surface area contributed by atoms with Gasteiger partial charge in [0.2, 0.25) is 0 Å². The molecule has 0 amide bonds. The Morgan fingerprint density at radius 2 is 1.57 bits per heavy atom. The number of benzene rings is 1. The summed E-state index contributed by atoms with van der Waals surface area (Å²) in [6.45, 7) is 7.58. The topological polar surface area (TPSA) is 49.2 Å². The van der Waals surface area contributed by atoms with Gasteiger partial charge in [-0.2, -0.15) is 15.0 Å². The minimum atomic E-state index is -0.979. The number of hydrogen-bond donors (Lipinski definition) is 0. The highest BCUT2D eigenvalue weighted by atomic mass is 19.1. The van der Waals surface area contributed by atoms with Crippen LogP contribution in [-0.4, -0.2) is 33.3 Å². The van der Waals surface area contributed by atoms with Crippen LogP contribution in [0.2, 0.25) is 0 Å². The van der Waals surface area contributed by atoms with Crippen molar-refractivity contribution in [3.63, 3.8) is 0 Å². The number of aromatic nitrogens is 3. The fraction of sp³-hybridized carbons (Fsp3) is 0.375. The van der Waals surface area contributed by atoms with Crippen LogP contribution in [0.15, 0.2) is 42.4 Å². The third kappa shape index (κ3) is 3.07. The Balaban J connectivity index is 1.77. The van der Waals surface area contributed by atoms with Crippen LogP contribution >= 0.6 is 0 Å². The van der Waals surface area contributed by atoms with Gasteiger partial charge in [-0.05, 0) is 51.5 Å². The fourth-order valence-electron chi connectivity index (χ4n) is 2.24.